The lowest BCUT2D eigenvalue weighted by Crippen LogP contribution is -2.40. The van der Waals surface area contributed by atoms with Crippen molar-refractivity contribution in [3.8, 4) is 0 Å². The Kier molecular flexibility index (Phi) is 6.52. The van der Waals surface area contributed by atoms with Crippen molar-refractivity contribution in [2.45, 2.75) is 58.5 Å². The number of hydrogen-bond acceptors (Lipinski definition) is 4. The van der Waals surface area contributed by atoms with Crippen LogP contribution in [0.2, 0.25) is 18.1 Å². The number of aromatic nitrogens is 3. The van der Waals surface area contributed by atoms with E-state index < -0.39 is 8.32 Å². The van der Waals surface area contributed by atoms with Crippen molar-refractivity contribution in [1.82, 2.24) is 20.1 Å². The number of fused-ring (bicyclic) bond motifs is 1. The van der Waals surface area contributed by atoms with Crippen molar-refractivity contribution >= 4 is 31.1 Å². The number of nitrogens with one attached hydrogen (secondary N) is 2. The summed E-state index contributed by atoms with van der Waals surface area (Å²) >= 11 is 0. The van der Waals surface area contributed by atoms with Gasteiger partial charge in [-0.1, -0.05) is 51.1 Å². The first-order valence-corrected chi connectivity index (χ1v) is 13.5. The number of carbonyl (C=O) groups is 1. The Bertz CT molecular complexity index is 1060. The second-order valence-electron chi connectivity index (χ2n) is 9.44. The van der Waals surface area contributed by atoms with Crippen LogP contribution in [0, 0.1) is 0 Å². The highest BCUT2D eigenvalue weighted by Crippen LogP contribution is 2.37. The van der Waals surface area contributed by atoms with E-state index in [1.165, 1.54) is 0 Å². The maximum atomic E-state index is 12.6. The number of nitrogens with zero attached hydrogens (tertiary/aromatic N) is 3. The molecule has 2 amide bonds. The molecule has 0 radical (unpaired) electrons. The van der Waals surface area contributed by atoms with E-state index in [1.807, 2.05) is 50.4 Å². The molecule has 166 valence electrons. The number of aryl methyl sites for hydroxylation is 1. The van der Waals surface area contributed by atoms with Gasteiger partial charge in [-0.05, 0) is 36.7 Å². The van der Waals surface area contributed by atoms with E-state index in [0.717, 1.165) is 22.2 Å². The number of carbonyl (C=O) groups excluding carboxylic acids is 1. The average Bonchev–Trinajstić information content (AvgIpc) is 3.06. The summed E-state index contributed by atoms with van der Waals surface area (Å²) in [6.07, 6.45) is 1.78. The molecular weight excluding hydrogens is 406 g/mol. The van der Waals surface area contributed by atoms with Gasteiger partial charge in [-0.25, -0.2) is 9.78 Å². The van der Waals surface area contributed by atoms with Gasteiger partial charge in [0.15, 0.2) is 8.32 Å². The molecule has 0 spiro atoms. The molecule has 0 aliphatic heterocycles. The van der Waals surface area contributed by atoms with Crippen LogP contribution in [0.5, 0.6) is 0 Å². The van der Waals surface area contributed by atoms with Gasteiger partial charge < -0.3 is 9.74 Å². The van der Waals surface area contributed by atoms with Gasteiger partial charge in [0.05, 0.1) is 30.1 Å². The largest absolute Gasteiger partial charge is 0.411 e. The number of hydrogen-bond donors (Lipinski definition) is 2. The van der Waals surface area contributed by atoms with E-state index >= 15 is 0 Å². The molecule has 0 saturated carbocycles. The van der Waals surface area contributed by atoms with Gasteiger partial charge >= 0.3 is 6.03 Å². The zero-order chi connectivity index (χ0) is 22.8. The highest BCUT2D eigenvalue weighted by atomic mass is 28.4. The SMILES string of the molecule is CC(NC(=O)Nc1cc2cnn(C)c2c(CO[Si](C)(C)C(C)(C)C)n1)c1ccccc1. The van der Waals surface area contributed by atoms with Crippen LogP contribution in [0.15, 0.2) is 42.6 Å². The first-order chi connectivity index (χ1) is 14.5. The van der Waals surface area contributed by atoms with Crippen molar-refractivity contribution in [3.05, 3.63) is 53.9 Å². The van der Waals surface area contributed by atoms with E-state index in [0.29, 0.717) is 12.4 Å². The van der Waals surface area contributed by atoms with Crippen molar-refractivity contribution in [3.63, 3.8) is 0 Å². The van der Waals surface area contributed by atoms with Crippen molar-refractivity contribution in [2.75, 3.05) is 5.32 Å². The molecule has 7 nitrogen and oxygen atoms in total. The molecule has 1 unspecified atom stereocenters. The Labute approximate surface area is 185 Å². The van der Waals surface area contributed by atoms with Gasteiger partial charge in [0.2, 0.25) is 0 Å². The van der Waals surface area contributed by atoms with Crippen LogP contribution >= 0.6 is 0 Å². The summed E-state index contributed by atoms with van der Waals surface area (Å²) in [7, 11) is -0.0600. The monoisotopic (exact) mass is 439 g/mol. The van der Waals surface area contributed by atoms with Crippen LogP contribution in [-0.2, 0) is 18.1 Å². The third-order valence-electron chi connectivity index (χ3n) is 6.05. The molecule has 0 fully saturated rings. The lowest BCUT2D eigenvalue weighted by atomic mass is 10.1. The van der Waals surface area contributed by atoms with Crippen LogP contribution in [0.25, 0.3) is 10.9 Å². The fourth-order valence-electron chi connectivity index (χ4n) is 3.10. The quantitative estimate of drug-likeness (QED) is 0.506. The van der Waals surface area contributed by atoms with Crippen molar-refractivity contribution < 1.29 is 9.22 Å². The Morgan fingerprint density at radius 2 is 1.90 bits per heavy atom. The lowest BCUT2D eigenvalue weighted by Gasteiger charge is -2.36. The molecule has 1 atom stereocenters. The van der Waals surface area contributed by atoms with Crippen LogP contribution in [0.4, 0.5) is 10.6 Å². The zero-order valence-electron chi connectivity index (χ0n) is 19.5. The second-order valence-corrected chi connectivity index (χ2v) is 14.2. The molecule has 31 heavy (non-hydrogen) atoms. The molecule has 1 aromatic carbocycles. The molecule has 8 heteroatoms. The van der Waals surface area contributed by atoms with Gasteiger partial charge in [-0.2, -0.15) is 5.10 Å². The topological polar surface area (TPSA) is 81.1 Å². The van der Waals surface area contributed by atoms with Gasteiger partial charge in [-0.15, -0.1) is 0 Å². The highest BCUT2D eigenvalue weighted by molar-refractivity contribution is 6.74. The first kappa shape index (κ1) is 23.0. The van der Waals surface area contributed by atoms with Crippen LogP contribution in [-0.4, -0.2) is 29.1 Å². The Hall–Kier alpha value is -2.71. The van der Waals surface area contributed by atoms with Gasteiger partial charge in [0.25, 0.3) is 0 Å². The molecule has 0 aliphatic rings. The van der Waals surface area contributed by atoms with E-state index in [2.05, 4.69) is 49.6 Å². The minimum Gasteiger partial charge on any atom is -0.411 e. The van der Waals surface area contributed by atoms with Crippen LogP contribution in [0.1, 0.15) is 45.0 Å². The summed E-state index contributed by atoms with van der Waals surface area (Å²) in [4.78, 5) is 17.3. The molecule has 0 aliphatic carbocycles. The zero-order valence-corrected chi connectivity index (χ0v) is 20.5. The standard InChI is InChI=1S/C23H33N5O2Si/c1-16(17-11-9-8-10-12-17)25-22(29)27-20-13-18-14-24-28(5)21(18)19(26-20)15-30-31(6,7)23(2,3)4/h8-14,16H,15H2,1-7H3,(H2,25,26,27,29). The molecule has 2 N–H and O–H groups in total. The number of amides is 2. The van der Waals surface area contributed by atoms with Crippen molar-refractivity contribution in [1.29, 1.82) is 0 Å². The normalized spacial score (nSPS) is 13.3. The van der Waals surface area contributed by atoms with E-state index in [1.54, 1.807) is 10.9 Å². The molecule has 2 aromatic heterocycles. The number of benzene rings is 1. The molecule has 3 aromatic rings. The smallest absolute Gasteiger partial charge is 0.320 e. The lowest BCUT2D eigenvalue weighted by molar-refractivity contribution is 0.249. The second kappa shape index (κ2) is 8.80. The predicted molar refractivity (Wildman–Crippen MR) is 128 cm³/mol. The summed E-state index contributed by atoms with van der Waals surface area (Å²) in [5, 5.41) is 11.2. The Morgan fingerprint density at radius 1 is 1.23 bits per heavy atom. The van der Waals surface area contributed by atoms with E-state index in [4.69, 9.17) is 9.41 Å². The van der Waals surface area contributed by atoms with Gasteiger partial charge in [0.1, 0.15) is 5.82 Å². The third-order valence-corrected chi connectivity index (χ3v) is 10.5. The Morgan fingerprint density at radius 3 is 2.55 bits per heavy atom. The van der Waals surface area contributed by atoms with E-state index in [9.17, 15) is 4.79 Å². The third kappa shape index (κ3) is 5.32. The fourth-order valence-corrected chi connectivity index (χ4v) is 4.03. The molecular formula is C23H33N5O2Si. The minimum absolute atomic E-state index is 0.0991. The highest BCUT2D eigenvalue weighted by Gasteiger charge is 2.37. The molecule has 0 saturated heterocycles. The molecule has 2 heterocycles. The fraction of sp³-hybridized carbons (Fsp3) is 0.435. The maximum absolute atomic E-state index is 12.6. The summed E-state index contributed by atoms with van der Waals surface area (Å²) in [6.45, 7) is 13.4. The minimum atomic E-state index is -1.95. The number of rotatable bonds is 6. The van der Waals surface area contributed by atoms with Gasteiger partial charge in [0, 0.05) is 12.4 Å². The maximum Gasteiger partial charge on any atom is 0.320 e. The van der Waals surface area contributed by atoms with Crippen LogP contribution in [0.3, 0.4) is 0 Å². The first-order valence-electron chi connectivity index (χ1n) is 10.6. The van der Waals surface area contributed by atoms with Gasteiger partial charge in [-0.3, -0.25) is 10.00 Å². The molecule has 0 bridgehead atoms. The summed E-state index contributed by atoms with van der Waals surface area (Å²) in [5.74, 6) is 0.479. The predicted octanol–water partition coefficient (Wildman–Crippen LogP) is 5.37. The number of anilines is 1. The van der Waals surface area contributed by atoms with Crippen LogP contribution < -0.4 is 10.6 Å². The summed E-state index contributed by atoms with van der Waals surface area (Å²) in [5.41, 5.74) is 2.73. The Balaban J connectivity index is 1.79. The summed E-state index contributed by atoms with van der Waals surface area (Å²) in [6, 6.07) is 11.3. The van der Waals surface area contributed by atoms with Crippen molar-refractivity contribution in [2.24, 2.45) is 7.05 Å². The molecule has 3 rings (SSSR count). The van der Waals surface area contributed by atoms with E-state index in [-0.39, 0.29) is 17.1 Å². The number of urea groups is 1. The number of pyridine rings is 1. The average molecular weight is 440 g/mol. The summed E-state index contributed by atoms with van der Waals surface area (Å²) < 4.78 is 8.20.